The summed E-state index contributed by atoms with van der Waals surface area (Å²) in [5, 5.41) is 20.8. The highest BCUT2D eigenvalue weighted by Crippen LogP contribution is 2.25. The third-order valence-electron chi connectivity index (χ3n) is 3.41. The quantitative estimate of drug-likeness (QED) is 0.635. The molecule has 1 N–H and O–H groups in total. The fourth-order valence-electron chi connectivity index (χ4n) is 2.41. The summed E-state index contributed by atoms with van der Waals surface area (Å²) < 4.78 is 5.38. The van der Waals surface area contributed by atoms with Crippen LogP contribution in [0.25, 0.3) is 0 Å². The summed E-state index contributed by atoms with van der Waals surface area (Å²) >= 11 is 0. The zero-order valence-corrected chi connectivity index (χ0v) is 11.4. The summed E-state index contributed by atoms with van der Waals surface area (Å²) in [5.41, 5.74) is -0.0716. The topological polar surface area (TPSA) is 75.8 Å². The molecule has 6 nitrogen and oxygen atoms in total. The first-order chi connectivity index (χ1) is 9.66. The van der Waals surface area contributed by atoms with E-state index < -0.39 is 11.0 Å². The van der Waals surface area contributed by atoms with Gasteiger partial charge in [-0.15, -0.1) is 0 Å². The molecule has 1 aliphatic heterocycles. The number of β-amino-alcohol motifs (C(OH)–C–C–N with tert-alkyl or cyclic N) is 1. The van der Waals surface area contributed by atoms with Crippen molar-refractivity contribution < 1.29 is 14.8 Å². The van der Waals surface area contributed by atoms with Crippen LogP contribution in [0.2, 0.25) is 0 Å². The van der Waals surface area contributed by atoms with Gasteiger partial charge in [-0.1, -0.05) is 18.6 Å². The van der Waals surface area contributed by atoms with E-state index in [-0.39, 0.29) is 18.0 Å². The van der Waals surface area contributed by atoms with Gasteiger partial charge in [0.1, 0.15) is 12.7 Å². The fraction of sp³-hybridized carbons (Fsp3) is 0.571. The summed E-state index contributed by atoms with van der Waals surface area (Å²) in [7, 11) is 0. The molecular weight excluding hydrogens is 260 g/mol. The van der Waals surface area contributed by atoms with E-state index in [1.807, 2.05) is 0 Å². The molecule has 0 aromatic heterocycles. The number of piperidine rings is 1. The van der Waals surface area contributed by atoms with Crippen molar-refractivity contribution in [3.63, 3.8) is 0 Å². The van der Waals surface area contributed by atoms with Crippen molar-refractivity contribution in [3.8, 4) is 5.75 Å². The van der Waals surface area contributed by atoms with Gasteiger partial charge in [0.2, 0.25) is 0 Å². The van der Waals surface area contributed by atoms with Gasteiger partial charge in [-0.3, -0.25) is 10.1 Å². The number of aliphatic hydroxyl groups excluding tert-OH is 1. The first-order valence-electron chi connectivity index (χ1n) is 6.93. The second-order valence-corrected chi connectivity index (χ2v) is 5.05. The van der Waals surface area contributed by atoms with Crippen molar-refractivity contribution in [3.05, 3.63) is 34.4 Å². The third-order valence-corrected chi connectivity index (χ3v) is 3.41. The van der Waals surface area contributed by atoms with Crippen LogP contribution < -0.4 is 4.74 Å². The minimum atomic E-state index is -0.632. The van der Waals surface area contributed by atoms with Crippen molar-refractivity contribution in [2.45, 2.75) is 25.4 Å². The molecule has 0 spiro atoms. The van der Waals surface area contributed by atoms with E-state index in [0.29, 0.717) is 6.54 Å². The van der Waals surface area contributed by atoms with E-state index in [4.69, 9.17) is 4.74 Å². The average Bonchev–Trinajstić information content (AvgIpc) is 2.46. The van der Waals surface area contributed by atoms with Crippen molar-refractivity contribution in [2.24, 2.45) is 0 Å². The zero-order valence-electron chi connectivity index (χ0n) is 11.4. The lowest BCUT2D eigenvalue weighted by Gasteiger charge is -2.28. The molecule has 1 aromatic rings. The van der Waals surface area contributed by atoms with Gasteiger partial charge in [-0.25, -0.2) is 0 Å². The minimum absolute atomic E-state index is 0.0708. The van der Waals surface area contributed by atoms with Crippen LogP contribution in [0.15, 0.2) is 24.3 Å². The van der Waals surface area contributed by atoms with Crippen LogP contribution in [-0.4, -0.2) is 47.3 Å². The van der Waals surface area contributed by atoms with Crippen LogP contribution in [-0.2, 0) is 0 Å². The van der Waals surface area contributed by atoms with Gasteiger partial charge in [0.25, 0.3) is 0 Å². The van der Waals surface area contributed by atoms with E-state index in [9.17, 15) is 15.2 Å². The van der Waals surface area contributed by atoms with Crippen molar-refractivity contribution >= 4 is 5.69 Å². The van der Waals surface area contributed by atoms with Crippen LogP contribution >= 0.6 is 0 Å². The number of ether oxygens (including phenoxy) is 1. The van der Waals surface area contributed by atoms with Crippen molar-refractivity contribution in [1.82, 2.24) is 4.90 Å². The molecule has 1 aliphatic rings. The second-order valence-electron chi connectivity index (χ2n) is 5.05. The highest BCUT2D eigenvalue weighted by atomic mass is 16.6. The predicted molar refractivity (Wildman–Crippen MR) is 74.9 cm³/mol. The normalized spacial score (nSPS) is 17.6. The van der Waals surface area contributed by atoms with Gasteiger partial charge in [0, 0.05) is 12.6 Å². The van der Waals surface area contributed by atoms with Gasteiger partial charge in [-0.05, 0) is 32.0 Å². The molecule has 2 rings (SSSR count). The second kappa shape index (κ2) is 7.21. The molecule has 110 valence electrons. The number of para-hydroxylation sites is 2. The molecule has 1 atom stereocenters. The first-order valence-corrected chi connectivity index (χ1v) is 6.93. The Morgan fingerprint density at radius 1 is 1.30 bits per heavy atom. The maximum absolute atomic E-state index is 10.8. The van der Waals surface area contributed by atoms with Crippen LogP contribution in [0.1, 0.15) is 19.3 Å². The van der Waals surface area contributed by atoms with Crippen molar-refractivity contribution in [2.75, 3.05) is 26.2 Å². The molecule has 6 heteroatoms. The monoisotopic (exact) mass is 280 g/mol. The summed E-state index contributed by atoms with van der Waals surface area (Å²) in [6, 6.07) is 6.21. The number of hydrogen-bond acceptors (Lipinski definition) is 5. The van der Waals surface area contributed by atoms with Gasteiger partial charge in [0.15, 0.2) is 5.75 Å². The van der Waals surface area contributed by atoms with Gasteiger partial charge >= 0.3 is 5.69 Å². The fourth-order valence-corrected chi connectivity index (χ4v) is 2.41. The SMILES string of the molecule is O=[N+]([O-])c1ccccc1OC[C@H](O)CN1CCCCC1. The highest BCUT2D eigenvalue weighted by Gasteiger charge is 2.18. The Bertz CT molecular complexity index is 447. The Hall–Kier alpha value is -1.66. The standard InChI is InChI=1S/C14H20N2O4/c17-12(10-15-8-4-1-5-9-15)11-20-14-7-3-2-6-13(14)16(18)19/h2-3,6-7,12,17H,1,4-5,8-11H2/t12-/m1/s1. The molecule has 1 fully saturated rings. The first kappa shape index (κ1) is 14.7. The largest absolute Gasteiger partial charge is 0.484 e. The van der Waals surface area contributed by atoms with Gasteiger partial charge < -0.3 is 14.7 Å². The Morgan fingerprint density at radius 3 is 2.70 bits per heavy atom. The van der Waals surface area contributed by atoms with Gasteiger partial charge in [-0.2, -0.15) is 0 Å². The van der Waals surface area contributed by atoms with Gasteiger partial charge in [0.05, 0.1) is 4.92 Å². The predicted octanol–water partition coefficient (Wildman–Crippen LogP) is 1.82. The smallest absolute Gasteiger partial charge is 0.310 e. The molecule has 1 aromatic carbocycles. The third kappa shape index (κ3) is 4.18. The summed E-state index contributed by atoms with van der Waals surface area (Å²) in [5.74, 6) is 0.204. The minimum Gasteiger partial charge on any atom is -0.484 e. The number of aliphatic hydroxyl groups is 1. The molecule has 1 heterocycles. The van der Waals surface area contributed by atoms with E-state index in [1.54, 1.807) is 18.2 Å². The maximum atomic E-state index is 10.8. The highest BCUT2D eigenvalue weighted by molar-refractivity contribution is 5.45. The van der Waals surface area contributed by atoms with Crippen LogP contribution in [0, 0.1) is 10.1 Å². The molecule has 0 bridgehead atoms. The molecule has 20 heavy (non-hydrogen) atoms. The number of hydrogen-bond donors (Lipinski definition) is 1. The van der Waals surface area contributed by atoms with Crippen LogP contribution in [0.5, 0.6) is 5.75 Å². The summed E-state index contributed by atoms with van der Waals surface area (Å²) in [6.07, 6.45) is 2.95. The number of nitro benzene ring substituents is 1. The Morgan fingerprint density at radius 2 is 2.00 bits per heavy atom. The van der Waals surface area contributed by atoms with Crippen LogP contribution in [0.3, 0.4) is 0 Å². The lowest BCUT2D eigenvalue weighted by atomic mass is 10.1. The Kier molecular flexibility index (Phi) is 5.31. The van der Waals surface area contributed by atoms with E-state index in [0.717, 1.165) is 25.9 Å². The maximum Gasteiger partial charge on any atom is 0.310 e. The molecule has 0 unspecified atom stereocenters. The molecular formula is C14H20N2O4. The lowest BCUT2D eigenvalue weighted by Crippen LogP contribution is -2.38. The Balaban J connectivity index is 1.83. The molecule has 0 amide bonds. The summed E-state index contributed by atoms with van der Waals surface area (Å²) in [6.45, 7) is 2.63. The number of likely N-dealkylation sites (tertiary alicyclic amines) is 1. The summed E-state index contributed by atoms with van der Waals surface area (Å²) in [4.78, 5) is 12.6. The van der Waals surface area contributed by atoms with E-state index >= 15 is 0 Å². The van der Waals surface area contributed by atoms with E-state index in [2.05, 4.69) is 4.90 Å². The molecule has 0 radical (unpaired) electrons. The average molecular weight is 280 g/mol. The zero-order chi connectivity index (χ0) is 14.4. The van der Waals surface area contributed by atoms with E-state index in [1.165, 1.54) is 12.5 Å². The molecule has 1 saturated heterocycles. The molecule has 0 aliphatic carbocycles. The molecule has 0 saturated carbocycles. The Labute approximate surface area is 118 Å². The lowest BCUT2D eigenvalue weighted by molar-refractivity contribution is -0.385. The van der Waals surface area contributed by atoms with Crippen LogP contribution in [0.4, 0.5) is 5.69 Å². The number of rotatable bonds is 6. The number of benzene rings is 1. The number of nitro groups is 1. The number of nitrogens with zero attached hydrogens (tertiary/aromatic N) is 2. The van der Waals surface area contributed by atoms with Crippen molar-refractivity contribution in [1.29, 1.82) is 0 Å².